The molecule has 10 heteroatoms. The van der Waals surface area contributed by atoms with E-state index in [9.17, 15) is 14.4 Å². The van der Waals surface area contributed by atoms with Gasteiger partial charge >= 0.3 is 6.09 Å². The molecule has 1 saturated heterocycles. The minimum atomic E-state index is -0.677. The SMILES string of the molecule is CCOC(=O)N1CCN(C(=O)[C@@H](C)NC(=O)c2ccc3nc(-n4cccc4)sc3c2)CC1. The van der Waals surface area contributed by atoms with Crippen molar-refractivity contribution in [3.8, 4) is 5.13 Å². The summed E-state index contributed by atoms with van der Waals surface area (Å²) in [7, 11) is 0. The third-order valence-corrected chi connectivity index (χ3v) is 6.33. The summed E-state index contributed by atoms with van der Waals surface area (Å²) in [4.78, 5) is 45.2. The minimum absolute atomic E-state index is 0.171. The number of ether oxygens (including phenoxy) is 1. The number of aromatic nitrogens is 2. The Hall–Kier alpha value is -3.40. The fourth-order valence-corrected chi connectivity index (χ4v) is 4.54. The van der Waals surface area contributed by atoms with Gasteiger partial charge in [0.05, 0.1) is 16.8 Å². The number of hydrogen-bond acceptors (Lipinski definition) is 6. The Morgan fingerprint density at radius 3 is 2.50 bits per heavy atom. The Balaban J connectivity index is 1.36. The van der Waals surface area contributed by atoms with E-state index in [2.05, 4.69) is 10.3 Å². The van der Waals surface area contributed by atoms with Crippen LogP contribution in [0.15, 0.2) is 42.7 Å². The largest absolute Gasteiger partial charge is 0.450 e. The van der Waals surface area contributed by atoms with E-state index in [1.165, 1.54) is 11.3 Å². The lowest BCUT2D eigenvalue weighted by Gasteiger charge is -2.35. The van der Waals surface area contributed by atoms with Gasteiger partial charge in [0.25, 0.3) is 5.91 Å². The predicted molar refractivity (Wildman–Crippen MR) is 121 cm³/mol. The number of nitrogens with one attached hydrogen (secondary N) is 1. The van der Waals surface area contributed by atoms with Crippen LogP contribution in [0.1, 0.15) is 24.2 Å². The zero-order valence-electron chi connectivity index (χ0n) is 18.0. The van der Waals surface area contributed by atoms with E-state index in [4.69, 9.17) is 4.74 Å². The number of carbonyl (C=O) groups is 3. The molecule has 1 N–H and O–H groups in total. The minimum Gasteiger partial charge on any atom is -0.450 e. The van der Waals surface area contributed by atoms with E-state index in [1.54, 1.807) is 35.8 Å². The second-order valence-electron chi connectivity index (χ2n) is 7.48. The van der Waals surface area contributed by atoms with Gasteiger partial charge in [-0.15, -0.1) is 0 Å². The number of rotatable bonds is 5. The molecule has 32 heavy (non-hydrogen) atoms. The summed E-state index contributed by atoms with van der Waals surface area (Å²) in [5, 5.41) is 3.62. The average Bonchev–Trinajstić information content (AvgIpc) is 3.48. The molecule has 0 aliphatic carbocycles. The number of piperazine rings is 1. The van der Waals surface area contributed by atoms with Gasteiger partial charge in [0, 0.05) is 44.1 Å². The van der Waals surface area contributed by atoms with Crippen molar-refractivity contribution in [3.63, 3.8) is 0 Å². The number of hydrogen-bond donors (Lipinski definition) is 1. The van der Waals surface area contributed by atoms with Gasteiger partial charge in [0.1, 0.15) is 6.04 Å². The number of amides is 3. The average molecular weight is 456 g/mol. The van der Waals surface area contributed by atoms with E-state index in [1.807, 2.05) is 35.2 Å². The van der Waals surface area contributed by atoms with E-state index in [0.29, 0.717) is 38.3 Å². The number of thiazole rings is 1. The van der Waals surface area contributed by atoms with Crippen LogP contribution in [0, 0.1) is 0 Å². The molecule has 3 heterocycles. The summed E-state index contributed by atoms with van der Waals surface area (Å²) in [6.45, 7) is 5.40. The zero-order chi connectivity index (χ0) is 22.7. The van der Waals surface area contributed by atoms with Crippen LogP contribution in [0.25, 0.3) is 15.3 Å². The number of benzene rings is 1. The van der Waals surface area contributed by atoms with Crippen molar-refractivity contribution in [1.29, 1.82) is 0 Å². The molecule has 3 amide bonds. The number of carbonyl (C=O) groups excluding carboxylic acids is 3. The maximum Gasteiger partial charge on any atom is 0.409 e. The van der Waals surface area contributed by atoms with Crippen molar-refractivity contribution in [2.45, 2.75) is 19.9 Å². The zero-order valence-corrected chi connectivity index (χ0v) is 18.8. The van der Waals surface area contributed by atoms with Crippen LogP contribution >= 0.6 is 11.3 Å². The Labute approximate surface area is 189 Å². The molecule has 1 atom stereocenters. The highest BCUT2D eigenvalue weighted by Gasteiger charge is 2.28. The molecule has 3 aromatic rings. The second kappa shape index (κ2) is 9.39. The monoisotopic (exact) mass is 455 g/mol. The number of nitrogens with zero attached hydrogens (tertiary/aromatic N) is 4. The molecule has 2 aromatic heterocycles. The van der Waals surface area contributed by atoms with Crippen LogP contribution in [-0.4, -0.2) is 76.1 Å². The topological polar surface area (TPSA) is 96.8 Å². The summed E-state index contributed by atoms with van der Waals surface area (Å²) < 4.78 is 7.82. The molecule has 9 nitrogen and oxygen atoms in total. The summed E-state index contributed by atoms with van der Waals surface area (Å²) in [5.41, 5.74) is 1.30. The Morgan fingerprint density at radius 2 is 1.81 bits per heavy atom. The quantitative estimate of drug-likeness (QED) is 0.638. The van der Waals surface area contributed by atoms with Crippen molar-refractivity contribution < 1.29 is 19.1 Å². The summed E-state index contributed by atoms with van der Waals surface area (Å²) in [6, 6.07) is 8.51. The lowest BCUT2D eigenvalue weighted by molar-refractivity contribution is -0.134. The highest BCUT2D eigenvalue weighted by atomic mass is 32.1. The highest BCUT2D eigenvalue weighted by Crippen LogP contribution is 2.26. The molecule has 168 valence electrons. The summed E-state index contributed by atoms with van der Waals surface area (Å²) >= 11 is 1.49. The van der Waals surface area contributed by atoms with Crippen LogP contribution in [0.4, 0.5) is 4.79 Å². The van der Waals surface area contributed by atoms with Gasteiger partial charge in [-0.25, -0.2) is 9.78 Å². The Kier molecular flexibility index (Phi) is 6.40. The van der Waals surface area contributed by atoms with Gasteiger partial charge in [-0.2, -0.15) is 0 Å². The molecule has 1 aromatic carbocycles. The lowest BCUT2D eigenvalue weighted by atomic mass is 10.1. The van der Waals surface area contributed by atoms with Gasteiger partial charge in [0.2, 0.25) is 5.91 Å². The molecule has 1 aliphatic heterocycles. The Morgan fingerprint density at radius 1 is 1.12 bits per heavy atom. The van der Waals surface area contributed by atoms with E-state index < -0.39 is 6.04 Å². The van der Waals surface area contributed by atoms with Crippen LogP contribution in [0.3, 0.4) is 0 Å². The first kappa shape index (κ1) is 21.8. The van der Waals surface area contributed by atoms with Gasteiger partial charge in [-0.3, -0.25) is 9.59 Å². The first-order valence-corrected chi connectivity index (χ1v) is 11.3. The Bertz CT molecular complexity index is 1120. The fraction of sp³-hybridized carbons (Fsp3) is 0.364. The van der Waals surface area contributed by atoms with Crippen molar-refractivity contribution in [2.75, 3.05) is 32.8 Å². The van der Waals surface area contributed by atoms with Crippen molar-refractivity contribution >= 4 is 39.5 Å². The van der Waals surface area contributed by atoms with Crippen LogP contribution < -0.4 is 5.32 Å². The van der Waals surface area contributed by atoms with Crippen LogP contribution in [-0.2, 0) is 9.53 Å². The van der Waals surface area contributed by atoms with Gasteiger partial charge in [-0.1, -0.05) is 11.3 Å². The van der Waals surface area contributed by atoms with Gasteiger partial charge < -0.3 is 24.4 Å². The molecule has 0 bridgehead atoms. The molecular weight excluding hydrogens is 430 g/mol. The molecule has 0 unspecified atom stereocenters. The first-order valence-electron chi connectivity index (χ1n) is 10.5. The maximum atomic E-state index is 12.8. The molecule has 0 spiro atoms. The van der Waals surface area contributed by atoms with E-state index in [0.717, 1.165) is 15.3 Å². The van der Waals surface area contributed by atoms with E-state index >= 15 is 0 Å². The van der Waals surface area contributed by atoms with Crippen molar-refractivity contribution in [2.24, 2.45) is 0 Å². The normalized spacial score (nSPS) is 14.9. The standard InChI is InChI=1S/C22H25N5O4S/c1-3-31-22(30)27-12-10-25(11-13-27)20(29)15(2)23-19(28)16-6-7-17-18(14-16)32-21(24-17)26-8-4-5-9-26/h4-9,14-15H,3,10-13H2,1-2H3,(H,23,28)/t15-/m1/s1. The van der Waals surface area contributed by atoms with Crippen LogP contribution in [0.5, 0.6) is 0 Å². The lowest BCUT2D eigenvalue weighted by Crippen LogP contribution is -2.55. The fourth-order valence-electron chi connectivity index (χ4n) is 3.57. The molecule has 1 fully saturated rings. The van der Waals surface area contributed by atoms with Crippen molar-refractivity contribution in [1.82, 2.24) is 24.7 Å². The smallest absolute Gasteiger partial charge is 0.409 e. The summed E-state index contributed by atoms with van der Waals surface area (Å²) in [6.07, 6.45) is 3.48. The third kappa shape index (κ3) is 4.59. The van der Waals surface area contributed by atoms with E-state index in [-0.39, 0.29) is 17.9 Å². The maximum absolute atomic E-state index is 12.8. The second-order valence-corrected chi connectivity index (χ2v) is 8.48. The van der Waals surface area contributed by atoms with Crippen LogP contribution in [0.2, 0.25) is 0 Å². The molecule has 1 aliphatic rings. The third-order valence-electron chi connectivity index (χ3n) is 5.30. The molecule has 0 radical (unpaired) electrons. The highest BCUT2D eigenvalue weighted by molar-refractivity contribution is 7.20. The molecule has 4 rings (SSSR count). The number of fused-ring (bicyclic) bond motifs is 1. The van der Waals surface area contributed by atoms with Crippen molar-refractivity contribution in [3.05, 3.63) is 48.3 Å². The predicted octanol–water partition coefficient (Wildman–Crippen LogP) is 2.51. The first-order chi connectivity index (χ1) is 15.5. The summed E-state index contributed by atoms with van der Waals surface area (Å²) in [5.74, 6) is -0.482. The van der Waals surface area contributed by atoms with Gasteiger partial charge in [0.15, 0.2) is 5.13 Å². The van der Waals surface area contributed by atoms with Gasteiger partial charge in [-0.05, 0) is 44.2 Å². The molecule has 0 saturated carbocycles. The molecular formula is C22H25N5O4S.